The van der Waals surface area contributed by atoms with Gasteiger partial charge in [0.05, 0.1) is 18.0 Å². The summed E-state index contributed by atoms with van der Waals surface area (Å²) in [5.41, 5.74) is 1.86. The van der Waals surface area contributed by atoms with E-state index in [1.54, 1.807) is 35.7 Å². The van der Waals surface area contributed by atoms with Gasteiger partial charge in [0.15, 0.2) is 36.3 Å². The summed E-state index contributed by atoms with van der Waals surface area (Å²) in [5.74, 6) is 0.611. The fourth-order valence-electron chi connectivity index (χ4n) is 3.48. The molecule has 33 heavy (non-hydrogen) atoms. The summed E-state index contributed by atoms with van der Waals surface area (Å²) < 4.78 is 19.1. The highest BCUT2D eigenvalue weighted by Gasteiger charge is 2.17. The van der Waals surface area contributed by atoms with Crippen molar-refractivity contribution < 1.29 is 23.8 Å². The largest absolute Gasteiger partial charge is 0.493 e. The van der Waals surface area contributed by atoms with Gasteiger partial charge >= 0.3 is 5.97 Å². The summed E-state index contributed by atoms with van der Waals surface area (Å²) in [6, 6.07) is 10.2. The maximum Gasteiger partial charge on any atom is 0.344 e. The highest BCUT2D eigenvalue weighted by Crippen LogP contribution is 2.28. The number of ether oxygens (including phenoxy) is 3. The quantitative estimate of drug-likeness (QED) is 0.311. The number of Topliss-reactive ketones (excluding diaryl/α,β-unsaturated/α-hetero) is 1. The van der Waals surface area contributed by atoms with Gasteiger partial charge in [0.2, 0.25) is 5.78 Å². The predicted octanol–water partition coefficient (Wildman–Crippen LogP) is 2.22. The molecule has 0 spiro atoms. The lowest BCUT2D eigenvalue weighted by Crippen LogP contribution is -2.21. The lowest BCUT2D eigenvalue weighted by molar-refractivity contribution is -0.147. The molecule has 4 aromatic rings. The predicted molar refractivity (Wildman–Crippen MR) is 119 cm³/mol. The van der Waals surface area contributed by atoms with Crippen molar-refractivity contribution in [2.45, 2.75) is 20.5 Å². The van der Waals surface area contributed by atoms with Crippen molar-refractivity contribution >= 4 is 28.4 Å². The molecule has 4 rings (SSSR count). The van der Waals surface area contributed by atoms with Crippen molar-refractivity contribution in [2.75, 3.05) is 13.7 Å². The molecule has 0 bridgehead atoms. The molecular weight excluding hydrogens is 428 g/mol. The number of esters is 1. The lowest BCUT2D eigenvalue weighted by atomic mass is 10.1. The number of carbonyl (C=O) groups excluding carboxylic acids is 2. The number of fused-ring (bicyclic) bond motifs is 3. The third-order valence-corrected chi connectivity index (χ3v) is 5.22. The van der Waals surface area contributed by atoms with Crippen LogP contribution < -0.4 is 15.0 Å². The number of benzene rings is 2. The number of hydrogen-bond acceptors (Lipinski definition) is 8. The molecule has 0 N–H and O–H groups in total. The summed E-state index contributed by atoms with van der Waals surface area (Å²) in [4.78, 5) is 36.5. The second-order valence-corrected chi connectivity index (χ2v) is 7.51. The second kappa shape index (κ2) is 8.73. The van der Waals surface area contributed by atoms with Crippen LogP contribution in [0.3, 0.4) is 0 Å². The number of hydrogen-bond donors (Lipinski definition) is 0. The van der Waals surface area contributed by atoms with E-state index in [1.165, 1.54) is 18.6 Å². The highest BCUT2D eigenvalue weighted by atomic mass is 16.6. The Morgan fingerprint density at radius 1 is 1.06 bits per heavy atom. The summed E-state index contributed by atoms with van der Waals surface area (Å²) in [7, 11) is 3.06. The number of aromatic nitrogens is 4. The number of nitrogens with zero attached hydrogens (tertiary/aromatic N) is 4. The molecule has 170 valence electrons. The average molecular weight is 450 g/mol. The summed E-state index contributed by atoms with van der Waals surface area (Å²) in [6.07, 6.45) is 0. The standard InChI is InChI=1S/C23H22N4O6/c1-13-5-7-17-16(9-13)22(30)26(3)23-25-24-20(27(17)23)11-33-21(29)12-32-18-8-6-15(14(2)28)10-19(18)31-4/h5-10H,11-12H2,1-4H3. The van der Waals surface area contributed by atoms with Crippen molar-refractivity contribution in [2.24, 2.45) is 7.05 Å². The molecule has 0 aliphatic rings. The molecule has 2 aromatic heterocycles. The second-order valence-electron chi connectivity index (χ2n) is 7.51. The van der Waals surface area contributed by atoms with Crippen LogP contribution in [0, 0.1) is 6.92 Å². The van der Waals surface area contributed by atoms with E-state index in [2.05, 4.69) is 10.2 Å². The van der Waals surface area contributed by atoms with Crippen molar-refractivity contribution in [3.05, 3.63) is 63.7 Å². The van der Waals surface area contributed by atoms with E-state index < -0.39 is 5.97 Å². The van der Waals surface area contributed by atoms with Crippen molar-refractivity contribution in [1.29, 1.82) is 0 Å². The van der Waals surface area contributed by atoms with E-state index in [-0.39, 0.29) is 24.6 Å². The van der Waals surface area contributed by atoms with Crippen LogP contribution in [0.5, 0.6) is 11.5 Å². The Hall–Kier alpha value is -4.21. The first-order valence-corrected chi connectivity index (χ1v) is 10.1. The summed E-state index contributed by atoms with van der Waals surface area (Å²) in [6.45, 7) is 2.82. The Balaban J connectivity index is 1.51. The van der Waals surface area contributed by atoms with E-state index in [1.807, 2.05) is 19.1 Å². The minimum absolute atomic E-state index is 0.111. The molecule has 0 amide bonds. The molecule has 2 aromatic carbocycles. The first kappa shape index (κ1) is 22.0. The Morgan fingerprint density at radius 2 is 1.85 bits per heavy atom. The van der Waals surface area contributed by atoms with Crippen LogP contribution in [0.15, 0.2) is 41.2 Å². The Bertz CT molecular complexity index is 1450. The van der Waals surface area contributed by atoms with Gasteiger partial charge in [-0.2, -0.15) is 0 Å². The maximum absolute atomic E-state index is 12.7. The molecule has 0 saturated carbocycles. The van der Waals surface area contributed by atoms with Gasteiger partial charge in [-0.1, -0.05) is 11.6 Å². The van der Waals surface area contributed by atoms with E-state index in [4.69, 9.17) is 14.2 Å². The zero-order valence-electron chi connectivity index (χ0n) is 18.6. The molecule has 0 fully saturated rings. The van der Waals surface area contributed by atoms with Crippen LogP contribution in [-0.4, -0.2) is 44.6 Å². The molecular formula is C23H22N4O6. The number of methoxy groups -OCH3 is 1. The Labute approximate surface area is 188 Å². The molecule has 0 atom stereocenters. The van der Waals surface area contributed by atoms with E-state index >= 15 is 0 Å². The zero-order chi connectivity index (χ0) is 23.7. The third-order valence-electron chi connectivity index (χ3n) is 5.22. The van der Waals surface area contributed by atoms with Crippen LogP contribution >= 0.6 is 0 Å². The van der Waals surface area contributed by atoms with Gasteiger partial charge in [0.1, 0.15) is 0 Å². The minimum Gasteiger partial charge on any atom is -0.493 e. The van der Waals surface area contributed by atoms with Gasteiger partial charge in [-0.25, -0.2) is 4.79 Å². The first-order valence-electron chi connectivity index (χ1n) is 10.1. The summed E-state index contributed by atoms with van der Waals surface area (Å²) in [5, 5.41) is 8.69. The van der Waals surface area contributed by atoms with E-state index in [0.29, 0.717) is 39.6 Å². The first-order chi connectivity index (χ1) is 15.8. The normalized spacial score (nSPS) is 11.0. The molecule has 0 aliphatic carbocycles. The molecule has 10 heteroatoms. The fourth-order valence-corrected chi connectivity index (χ4v) is 3.48. The van der Waals surface area contributed by atoms with Crippen LogP contribution in [0.4, 0.5) is 0 Å². The number of carbonyl (C=O) groups is 2. The smallest absolute Gasteiger partial charge is 0.344 e. The average Bonchev–Trinajstić information content (AvgIpc) is 3.23. The zero-order valence-corrected chi connectivity index (χ0v) is 18.6. The van der Waals surface area contributed by atoms with Crippen molar-refractivity contribution in [3.63, 3.8) is 0 Å². The molecule has 10 nitrogen and oxygen atoms in total. The maximum atomic E-state index is 12.7. The highest BCUT2D eigenvalue weighted by molar-refractivity contribution is 5.94. The van der Waals surface area contributed by atoms with Gasteiger partial charge in [-0.3, -0.25) is 18.6 Å². The van der Waals surface area contributed by atoms with Gasteiger partial charge < -0.3 is 14.2 Å². The monoisotopic (exact) mass is 450 g/mol. The molecule has 0 saturated heterocycles. The SMILES string of the molecule is COc1cc(C(C)=O)ccc1OCC(=O)OCc1nnc2n(C)c(=O)c3cc(C)ccc3n12. The molecule has 0 radical (unpaired) electrons. The van der Waals surface area contributed by atoms with Gasteiger partial charge in [-0.15, -0.1) is 10.2 Å². The Kier molecular flexibility index (Phi) is 5.82. The topological polar surface area (TPSA) is 114 Å². The third kappa shape index (κ3) is 4.14. The van der Waals surface area contributed by atoms with Gasteiger partial charge in [0, 0.05) is 12.6 Å². The number of ketones is 1. The minimum atomic E-state index is -0.630. The molecule has 0 unspecified atom stereocenters. The summed E-state index contributed by atoms with van der Waals surface area (Å²) >= 11 is 0. The van der Waals surface area contributed by atoms with Crippen LogP contribution in [0.25, 0.3) is 16.7 Å². The van der Waals surface area contributed by atoms with Gasteiger partial charge in [-0.05, 0) is 44.2 Å². The van der Waals surface area contributed by atoms with Crippen molar-refractivity contribution in [3.8, 4) is 11.5 Å². The van der Waals surface area contributed by atoms with E-state index in [0.717, 1.165) is 5.56 Å². The van der Waals surface area contributed by atoms with Crippen LogP contribution in [-0.2, 0) is 23.2 Å². The molecule has 2 heterocycles. The molecule has 0 aliphatic heterocycles. The number of aryl methyl sites for hydroxylation is 2. The lowest BCUT2D eigenvalue weighted by Gasteiger charge is -2.11. The van der Waals surface area contributed by atoms with Crippen LogP contribution in [0.1, 0.15) is 28.7 Å². The fraction of sp³-hybridized carbons (Fsp3) is 0.261. The van der Waals surface area contributed by atoms with E-state index in [9.17, 15) is 14.4 Å². The van der Waals surface area contributed by atoms with Gasteiger partial charge in [0.25, 0.3) is 5.56 Å². The Morgan fingerprint density at radius 3 is 2.58 bits per heavy atom. The number of rotatable bonds is 7. The van der Waals surface area contributed by atoms with Crippen LogP contribution in [0.2, 0.25) is 0 Å². The van der Waals surface area contributed by atoms with Crippen molar-refractivity contribution in [1.82, 2.24) is 19.2 Å².